The molecular formula is C16H21ClN2. The molecular weight excluding hydrogens is 256 g/mol. The summed E-state index contributed by atoms with van der Waals surface area (Å²) in [6.07, 6.45) is 7.35. The van der Waals surface area contributed by atoms with E-state index in [9.17, 15) is 0 Å². The van der Waals surface area contributed by atoms with Crippen molar-refractivity contribution in [2.75, 3.05) is 0 Å². The Morgan fingerprint density at radius 2 is 1.95 bits per heavy atom. The Bertz CT molecular complexity index is 500. The van der Waals surface area contributed by atoms with Crippen LogP contribution in [0, 0.1) is 5.92 Å². The van der Waals surface area contributed by atoms with E-state index in [1.807, 2.05) is 31.2 Å². The summed E-state index contributed by atoms with van der Waals surface area (Å²) in [6.45, 7) is 4.20. The highest BCUT2D eigenvalue weighted by Gasteiger charge is 2.34. The molecule has 0 heterocycles. The predicted molar refractivity (Wildman–Crippen MR) is 82.0 cm³/mol. The molecule has 0 aromatic heterocycles. The first-order valence-electron chi connectivity index (χ1n) is 6.60. The van der Waals surface area contributed by atoms with Crippen LogP contribution in [0.15, 0.2) is 48.1 Å². The molecule has 0 spiro atoms. The van der Waals surface area contributed by atoms with Crippen LogP contribution in [0.5, 0.6) is 0 Å². The molecule has 3 unspecified atom stereocenters. The van der Waals surface area contributed by atoms with Gasteiger partial charge in [-0.2, -0.15) is 0 Å². The quantitative estimate of drug-likeness (QED) is 0.887. The zero-order valence-corrected chi connectivity index (χ0v) is 12.2. The van der Waals surface area contributed by atoms with Gasteiger partial charge in [0.15, 0.2) is 0 Å². The number of hydrogen-bond donors (Lipinski definition) is 2. The summed E-state index contributed by atoms with van der Waals surface area (Å²) < 4.78 is 0. The molecule has 4 N–H and O–H groups in total. The Morgan fingerprint density at radius 1 is 1.32 bits per heavy atom. The fourth-order valence-corrected chi connectivity index (χ4v) is 2.78. The van der Waals surface area contributed by atoms with Gasteiger partial charge in [-0.05, 0) is 42.5 Å². The molecule has 2 rings (SSSR count). The molecule has 0 radical (unpaired) electrons. The minimum absolute atomic E-state index is 0.245. The van der Waals surface area contributed by atoms with Crippen molar-refractivity contribution in [3.05, 3.63) is 58.7 Å². The lowest BCUT2D eigenvalue weighted by Gasteiger charge is -2.38. The summed E-state index contributed by atoms with van der Waals surface area (Å²) in [6, 6.07) is 7.35. The van der Waals surface area contributed by atoms with Crippen molar-refractivity contribution in [2.45, 2.75) is 31.8 Å². The molecule has 3 heteroatoms. The summed E-state index contributed by atoms with van der Waals surface area (Å²) in [7, 11) is 0. The standard InChI is InChI=1S/C16H21ClN2/c1-11-5-3-4-6-14(11)16(2,19)15(18)12-7-9-13(17)10-8-12/h3-4,6-11,15H,5,18-19H2,1-2H3. The molecule has 0 fully saturated rings. The van der Waals surface area contributed by atoms with Gasteiger partial charge in [-0.15, -0.1) is 0 Å². The molecule has 0 amide bonds. The molecule has 0 bridgehead atoms. The van der Waals surface area contributed by atoms with Gasteiger partial charge in [0.1, 0.15) is 0 Å². The van der Waals surface area contributed by atoms with Gasteiger partial charge in [-0.3, -0.25) is 0 Å². The highest BCUT2D eigenvalue weighted by molar-refractivity contribution is 6.30. The maximum Gasteiger partial charge on any atom is 0.0541 e. The average Bonchev–Trinajstić information content (AvgIpc) is 2.39. The number of nitrogens with two attached hydrogens (primary N) is 2. The number of rotatable bonds is 3. The third kappa shape index (κ3) is 2.92. The van der Waals surface area contributed by atoms with Gasteiger partial charge in [-0.1, -0.05) is 48.9 Å². The number of benzene rings is 1. The molecule has 1 aromatic carbocycles. The Labute approximate surface area is 120 Å². The fourth-order valence-electron chi connectivity index (χ4n) is 2.65. The van der Waals surface area contributed by atoms with E-state index in [2.05, 4.69) is 25.2 Å². The Balaban J connectivity index is 2.30. The van der Waals surface area contributed by atoms with E-state index in [0.717, 1.165) is 12.0 Å². The molecule has 102 valence electrons. The van der Waals surface area contributed by atoms with Crippen LogP contribution in [0.25, 0.3) is 0 Å². The SMILES string of the molecule is CC1CC=CC=C1C(C)(N)C(N)c1ccc(Cl)cc1. The van der Waals surface area contributed by atoms with Gasteiger partial charge in [0, 0.05) is 5.02 Å². The fraction of sp³-hybridized carbons (Fsp3) is 0.375. The lowest BCUT2D eigenvalue weighted by Crippen LogP contribution is -2.50. The number of halogens is 1. The maximum atomic E-state index is 6.54. The molecule has 3 atom stereocenters. The third-order valence-electron chi connectivity index (χ3n) is 3.93. The van der Waals surface area contributed by atoms with Gasteiger partial charge >= 0.3 is 0 Å². The van der Waals surface area contributed by atoms with E-state index >= 15 is 0 Å². The minimum Gasteiger partial charge on any atom is -0.322 e. The van der Waals surface area contributed by atoms with Crippen LogP contribution in [0.4, 0.5) is 0 Å². The average molecular weight is 277 g/mol. The van der Waals surface area contributed by atoms with E-state index in [1.165, 1.54) is 5.57 Å². The lowest BCUT2D eigenvalue weighted by atomic mass is 9.74. The van der Waals surface area contributed by atoms with E-state index in [4.69, 9.17) is 23.1 Å². The smallest absolute Gasteiger partial charge is 0.0541 e. The summed E-state index contributed by atoms with van der Waals surface area (Å²) >= 11 is 5.91. The van der Waals surface area contributed by atoms with Crippen LogP contribution >= 0.6 is 11.6 Å². The van der Waals surface area contributed by atoms with Crippen molar-refractivity contribution in [1.82, 2.24) is 0 Å². The van der Waals surface area contributed by atoms with E-state index < -0.39 is 5.54 Å². The topological polar surface area (TPSA) is 52.0 Å². The zero-order chi connectivity index (χ0) is 14.0. The molecule has 1 aliphatic carbocycles. The Hall–Kier alpha value is -1.09. The van der Waals surface area contributed by atoms with Crippen LogP contribution in [0.3, 0.4) is 0 Å². The van der Waals surface area contributed by atoms with E-state index in [0.29, 0.717) is 10.9 Å². The first kappa shape index (κ1) is 14.3. The van der Waals surface area contributed by atoms with Gasteiger partial charge in [-0.25, -0.2) is 0 Å². The Kier molecular flexibility index (Phi) is 4.14. The molecule has 1 aliphatic rings. The lowest BCUT2D eigenvalue weighted by molar-refractivity contribution is 0.401. The van der Waals surface area contributed by atoms with Crippen molar-refractivity contribution in [1.29, 1.82) is 0 Å². The number of hydrogen-bond acceptors (Lipinski definition) is 2. The van der Waals surface area contributed by atoms with E-state index in [-0.39, 0.29) is 6.04 Å². The zero-order valence-electron chi connectivity index (χ0n) is 11.4. The van der Waals surface area contributed by atoms with E-state index in [1.54, 1.807) is 0 Å². The second-order valence-electron chi connectivity index (χ2n) is 5.50. The van der Waals surface area contributed by atoms with Gasteiger partial charge in [0.25, 0.3) is 0 Å². The van der Waals surface area contributed by atoms with Crippen molar-refractivity contribution >= 4 is 11.6 Å². The molecule has 0 saturated carbocycles. The van der Waals surface area contributed by atoms with Crippen molar-refractivity contribution in [2.24, 2.45) is 17.4 Å². The summed E-state index contributed by atoms with van der Waals surface area (Å²) in [5.41, 5.74) is 14.6. The maximum absolute atomic E-state index is 6.54. The van der Waals surface area contributed by atoms with Crippen molar-refractivity contribution in [3.63, 3.8) is 0 Å². The second kappa shape index (κ2) is 5.49. The van der Waals surface area contributed by atoms with Gasteiger partial charge < -0.3 is 11.5 Å². The van der Waals surface area contributed by atoms with Crippen LogP contribution in [0.2, 0.25) is 5.02 Å². The molecule has 2 nitrogen and oxygen atoms in total. The molecule has 19 heavy (non-hydrogen) atoms. The van der Waals surface area contributed by atoms with Crippen LogP contribution < -0.4 is 11.5 Å². The monoisotopic (exact) mass is 276 g/mol. The molecule has 0 saturated heterocycles. The largest absolute Gasteiger partial charge is 0.322 e. The molecule has 0 aliphatic heterocycles. The van der Waals surface area contributed by atoms with Crippen molar-refractivity contribution < 1.29 is 0 Å². The third-order valence-corrected chi connectivity index (χ3v) is 4.18. The van der Waals surface area contributed by atoms with Crippen LogP contribution in [0.1, 0.15) is 31.9 Å². The first-order valence-corrected chi connectivity index (χ1v) is 6.98. The summed E-state index contributed by atoms with van der Waals surface area (Å²) in [5.74, 6) is 0.429. The van der Waals surface area contributed by atoms with Crippen LogP contribution in [-0.2, 0) is 0 Å². The molecule has 1 aromatic rings. The minimum atomic E-state index is -0.558. The van der Waals surface area contributed by atoms with Gasteiger partial charge in [0.05, 0.1) is 11.6 Å². The number of allylic oxidation sites excluding steroid dienone is 3. The highest BCUT2D eigenvalue weighted by atomic mass is 35.5. The highest BCUT2D eigenvalue weighted by Crippen LogP contribution is 2.35. The van der Waals surface area contributed by atoms with Crippen LogP contribution in [-0.4, -0.2) is 5.54 Å². The van der Waals surface area contributed by atoms with Crippen molar-refractivity contribution in [3.8, 4) is 0 Å². The first-order chi connectivity index (χ1) is 8.93. The van der Waals surface area contributed by atoms with Gasteiger partial charge in [0.2, 0.25) is 0 Å². The normalized spacial score (nSPS) is 23.6. The summed E-state index contributed by atoms with van der Waals surface area (Å²) in [4.78, 5) is 0. The Morgan fingerprint density at radius 3 is 2.53 bits per heavy atom. The summed E-state index contributed by atoms with van der Waals surface area (Å²) in [5, 5.41) is 0.711. The predicted octanol–water partition coefficient (Wildman–Crippen LogP) is 3.58. The second-order valence-corrected chi connectivity index (χ2v) is 5.94.